The molecule has 0 atom stereocenters. The number of carbonyl (C=O) groups is 1. The molecule has 0 N–H and O–H groups in total. The lowest BCUT2D eigenvalue weighted by Crippen LogP contribution is -2.04. The SMILES string of the molecule is CC(=O)/C=C/c1cccc(C(F)(F)F)c1. The minimum Gasteiger partial charge on any atom is -0.295 e. The van der Waals surface area contributed by atoms with Gasteiger partial charge in [0.25, 0.3) is 0 Å². The molecule has 0 aliphatic heterocycles. The van der Waals surface area contributed by atoms with Crippen molar-refractivity contribution in [2.24, 2.45) is 0 Å². The summed E-state index contributed by atoms with van der Waals surface area (Å²) in [6.45, 7) is 1.34. The molecule has 0 heterocycles. The first-order chi connectivity index (χ1) is 6.89. The molecule has 1 aromatic carbocycles. The Labute approximate surface area is 85.2 Å². The van der Waals surface area contributed by atoms with E-state index in [4.69, 9.17) is 0 Å². The van der Waals surface area contributed by atoms with Gasteiger partial charge in [-0.1, -0.05) is 18.2 Å². The van der Waals surface area contributed by atoms with E-state index >= 15 is 0 Å². The second-order valence-electron chi connectivity index (χ2n) is 3.07. The molecule has 15 heavy (non-hydrogen) atoms. The van der Waals surface area contributed by atoms with E-state index in [1.165, 1.54) is 31.2 Å². The van der Waals surface area contributed by atoms with E-state index in [-0.39, 0.29) is 5.78 Å². The Kier molecular flexibility index (Phi) is 3.29. The van der Waals surface area contributed by atoms with Crippen LogP contribution in [0.4, 0.5) is 13.2 Å². The zero-order valence-corrected chi connectivity index (χ0v) is 8.01. The maximum absolute atomic E-state index is 12.3. The van der Waals surface area contributed by atoms with E-state index in [1.54, 1.807) is 0 Å². The van der Waals surface area contributed by atoms with Crippen molar-refractivity contribution in [3.05, 3.63) is 41.5 Å². The van der Waals surface area contributed by atoms with Gasteiger partial charge in [0.05, 0.1) is 5.56 Å². The first-order valence-corrected chi connectivity index (χ1v) is 4.25. The van der Waals surface area contributed by atoms with Gasteiger partial charge < -0.3 is 0 Å². The number of benzene rings is 1. The number of halogens is 3. The molecule has 1 rings (SSSR count). The molecule has 0 spiro atoms. The molecule has 0 aromatic heterocycles. The molecule has 0 bridgehead atoms. The Morgan fingerprint density at radius 1 is 1.33 bits per heavy atom. The number of rotatable bonds is 2. The average Bonchev–Trinajstić information content (AvgIpc) is 2.14. The Bertz CT molecular complexity index is 391. The van der Waals surface area contributed by atoms with Gasteiger partial charge in [0, 0.05) is 0 Å². The van der Waals surface area contributed by atoms with Gasteiger partial charge in [0.2, 0.25) is 0 Å². The van der Waals surface area contributed by atoms with Crippen LogP contribution in [-0.4, -0.2) is 5.78 Å². The molecule has 0 saturated carbocycles. The van der Waals surface area contributed by atoms with Crippen molar-refractivity contribution in [2.75, 3.05) is 0 Å². The van der Waals surface area contributed by atoms with Crippen LogP contribution in [0.3, 0.4) is 0 Å². The molecular formula is C11H9F3O. The van der Waals surface area contributed by atoms with Crippen LogP contribution in [0.1, 0.15) is 18.1 Å². The van der Waals surface area contributed by atoms with Gasteiger partial charge in [-0.3, -0.25) is 4.79 Å². The summed E-state index contributed by atoms with van der Waals surface area (Å²) in [5, 5.41) is 0. The third-order valence-electron chi connectivity index (χ3n) is 1.72. The maximum atomic E-state index is 12.3. The van der Waals surface area contributed by atoms with Gasteiger partial charge >= 0.3 is 6.18 Å². The molecule has 0 aliphatic carbocycles. The van der Waals surface area contributed by atoms with Gasteiger partial charge in [-0.05, 0) is 30.7 Å². The number of hydrogen-bond acceptors (Lipinski definition) is 1. The number of carbonyl (C=O) groups excluding carboxylic acids is 1. The lowest BCUT2D eigenvalue weighted by Gasteiger charge is -2.06. The second-order valence-corrected chi connectivity index (χ2v) is 3.07. The smallest absolute Gasteiger partial charge is 0.295 e. The Morgan fingerprint density at radius 3 is 2.53 bits per heavy atom. The van der Waals surface area contributed by atoms with Crippen LogP contribution in [0.2, 0.25) is 0 Å². The molecule has 4 heteroatoms. The van der Waals surface area contributed by atoms with Crippen molar-refractivity contribution in [1.82, 2.24) is 0 Å². The van der Waals surface area contributed by atoms with Crippen molar-refractivity contribution in [3.63, 3.8) is 0 Å². The molecule has 0 aliphatic rings. The monoisotopic (exact) mass is 214 g/mol. The third-order valence-corrected chi connectivity index (χ3v) is 1.72. The highest BCUT2D eigenvalue weighted by molar-refractivity contribution is 5.91. The van der Waals surface area contributed by atoms with Crippen LogP contribution in [-0.2, 0) is 11.0 Å². The normalized spacial score (nSPS) is 12.0. The Hall–Kier alpha value is -1.58. The molecular weight excluding hydrogens is 205 g/mol. The number of allylic oxidation sites excluding steroid dienone is 1. The van der Waals surface area contributed by atoms with Crippen molar-refractivity contribution in [1.29, 1.82) is 0 Å². The summed E-state index contributed by atoms with van der Waals surface area (Å²) in [5.41, 5.74) is -0.353. The fourth-order valence-corrected chi connectivity index (χ4v) is 1.03. The molecule has 1 nitrogen and oxygen atoms in total. The number of alkyl halides is 3. The summed E-state index contributed by atoms with van der Waals surface area (Å²) < 4.78 is 36.8. The van der Waals surface area contributed by atoms with Gasteiger partial charge in [0.1, 0.15) is 0 Å². The Morgan fingerprint density at radius 2 is 2.00 bits per heavy atom. The topological polar surface area (TPSA) is 17.1 Å². The van der Waals surface area contributed by atoms with E-state index in [0.29, 0.717) is 5.56 Å². The molecule has 1 aromatic rings. The summed E-state index contributed by atoms with van der Waals surface area (Å²) in [7, 11) is 0. The quantitative estimate of drug-likeness (QED) is 0.690. The van der Waals surface area contributed by atoms with Crippen LogP contribution < -0.4 is 0 Å². The highest BCUT2D eigenvalue weighted by atomic mass is 19.4. The lowest BCUT2D eigenvalue weighted by molar-refractivity contribution is -0.137. The van der Waals surface area contributed by atoms with Gasteiger partial charge in [-0.15, -0.1) is 0 Å². The van der Waals surface area contributed by atoms with Crippen LogP contribution >= 0.6 is 0 Å². The fourth-order valence-electron chi connectivity index (χ4n) is 1.03. The summed E-state index contributed by atoms with van der Waals surface area (Å²) in [4.78, 5) is 10.6. The zero-order chi connectivity index (χ0) is 11.5. The predicted octanol–water partition coefficient (Wildman–Crippen LogP) is 3.31. The molecule has 0 unspecified atom stereocenters. The summed E-state index contributed by atoms with van der Waals surface area (Å²) in [6.07, 6.45) is -1.76. The molecule has 0 saturated heterocycles. The number of hydrogen-bond donors (Lipinski definition) is 0. The minimum atomic E-state index is -4.35. The molecule has 0 fully saturated rings. The second kappa shape index (κ2) is 4.29. The minimum absolute atomic E-state index is 0.201. The highest BCUT2D eigenvalue weighted by Gasteiger charge is 2.30. The maximum Gasteiger partial charge on any atom is 0.416 e. The largest absolute Gasteiger partial charge is 0.416 e. The first-order valence-electron chi connectivity index (χ1n) is 4.25. The van der Waals surface area contributed by atoms with Crippen molar-refractivity contribution in [3.8, 4) is 0 Å². The van der Waals surface area contributed by atoms with E-state index in [2.05, 4.69) is 0 Å². The van der Waals surface area contributed by atoms with Gasteiger partial charge in [-0.2, -0.15) is 13.2 Å². The predicted molar refractivity (Wildman–Crippen MR) is 51.2 cm³/mol. The molecule has 0 amide bonds. The Balaban J connectivity index is 2.98. The molecule has 80 valence electrons. The average molecular weight is 214 g/mol. The fraction of sp³-hybridized carbons (Fsp3) is 0.182. The molecule has 0 radical (unpaired) electrons. The number of ketones is 1. The van der Waals surface area contributed by atoms with Crippen molar-refractivity contribution in [2.45, 2.75) is 13.1 Å². The van der Waals surface area contributed by atoms with Crippen molar-refractivity contribution < 1.29 is 18.0 Å². The summed E-state index contributed by atoms with van der Waals surface area (Å²) >= 11 is 0. The van der Waals surface area contributed by atoms with E-state index in [9.17, 15) is 18.0 Å². The third kappa shape index (κ3) is 3.58. The highest BCUT2D eigenvalue weighted by Crippen LogP contribution is 2.29. The van der Waals surface area contributed by atoms with Crippen LogP contribution in [0, 0.1) is 0 Å². The summed E-state index contributed by atoms with van der Waals surface area (Å²) in [6, 6.07) is 4.81. The van der Waals surface area contributed by atoms with E-state index in [0.717, 1.165) is 12.1 Å². The summed E-state index contributed by atoms with van der Waals surface area (Å²) in [5.74, 6) is -0.201. The first kappa shape index (κ1) is 11.5. The van der Waals surface area contributed by atoms with Crippen LogP contribution in [0.25, 0.3) is 6.08 Å². The standard InChI is InChI=1S/C11H9F3O/c1-8(15)5-6-9-3-2-4-10(7-9)11(12,13)14/h2-7H,1H3/b6-5+. The lowest BCUT2D eigenvalue weighted by atomic mass is 10.1. The van der Waals surface area contributed by atoms with E-state index < -0.39 is 11.7 Å². The van der Waals surface area contributed by atoms with Crippen molar-refractivity contribution >= 4 is 11.9 Å². The van der Waals surface area contributed by atoms with E-state index in [1.807, 2.05) is 0 Å². The van der Waals surface area contributed by atoms with Crippen LogP contribution in [0.15, 0.2) is 30.3 Å². The van der Waals surface area contributed by atoms with Gasteiger partial charge in [0.15, 0.2) is 5.78 Å². The zero-order valence-electron chi connectivity index (χ0n) is 8.01. The van der Waals surface area contributed by atoms with Gasteiger partial charge in [-0.25, -0.2) is 0 Å². The van der Waals surface area contributed by atoms with Crippen LogP contribution in [0.5, 0.6) is 0 Å².